The molecule has 1 N–H and O–H groups in total. The lowest BCUT2D eigenvalue weighted by molar-refractivity contribution is 0.0499. The van der Waals surface area contributed by atoms with Crippen molar-refractivity contribution in [3.05, 3.63) is 42.1 Å². The summed E-state index contributed by atoms with van der Waals surface area (Å²) in [6.45, 7) is 1.83. The number of rotatable bonds is 4. The normalized spacial score (nSPS) is 21.0. The van der Waals surface area contributed by atoms with Gasteiger partial charge in [-0.3, -0.25) is 9.36 Å². The highest BCUT2D eigenvalue weighted by Gasteiger charge is 2.28. The molecule has 5 nitrogen and oxygen atoms in total. The first kappa shape index (κ1) is 16.5. The van der Waals surface area contributed by atoms with Crippen LogP contribution in [0.1, 0.15) is 41.7 Å². The van der Waals surface area contributed by atoms with Gasteiger partial charge in [0.05, 0.1) is 0 Å². The van der Waals surface area contributed by atoms with Gasteiger partial charge >= 0.3 is 0 Å². The third-order valence-electron chi connectivity index (χ3n) is 4.53. The molecule has 1 saturated carbocycles. The number of aromatic nitrogens is 3. The van der Waals surface area contributed by atoms with E-state index in [1.165, 1.54) is 0 Å². The standard InChI is InChI=1S/C17H20F2N4O/c1-11-2-7-14(23-9-8-20-10-23)22-15(11)17(24)21-13-5-3-12(4-6-13)16(18)19/h2,7-10,12-13,16H,3-6H2,1H3,(H,21,24)/t12-,13-. The summed E-state index contributed by atoms with van der Waals surface area (Å²) in [5, 5.41) is 2.94. The summed E-state index contributed by atoms with van der Waals surface area (Å²) in [5.41, 5.74) is 1.13. The second-order valence-corrected chi connectivity index (χ2v) is 6.22. The number of nitrogens with one attached hydrogen (secondary N) is 1. The minimum atomic E-state index is -2.27. The summed E-state index contributed by atoms with van der Waals surface area (Å²) < 4.78 is 27.1. The van der Waals surface area contributed by atoms with Crippen LogP contribution in [0.3, 0.4) is 0 Å². The molecular weight excluding hydrogens is 314 g/mol. The first-order chi connectivity index (χ1) is 11.5. The number of amides is 1. The summed E-state index contributed by atoms with van der Waals surface area (Å²) in [6.07, 6.45) is 4.81. The molecule has 0 unspecified atom stereocenters. The lowest BCUT2D eigenvalue weighted by atomic mass is 9.86. The second kappa shape index (κ2) is 7.07. The maximum atomic E-state index is 12.7. The molecule has 24 heavy (non-hydrogen) atoms. The van der Waals surface area contributed by atoms with Crippen LogP contribution >= 0.6 is 0 Å². The molecular formula is C17H20F2N4O. The number of halogens is 2. The number of carbonyl (C=O) groups is 1. The van der Waals surface area contributed by atoms with E-state index in [0.717, 1.165) is 5.56 Å². The van der Waals surface area contributed by atoms with Crippen LogP contribution < -0.4 is 5.32 Å². The van der Waals surface area contributed by atoms with Crippen LogP contribution in [0.4, 0.5) is 8.78 Å². The summed E-state index contributed by atoms with van der Waals surface area (Å²) in [7, 11) is 0. The molecule has 0 bridgehead atoms. The van der Waals surface area contributed by atoms with Crippen molar-refractivity contribution in [3.8, 4) is 5.82 Å². The molecule has 3 rings (SSSR count). The molecule has 1 fully saturated rings. The lowest BCUT2D eigenvalue weighted by Crippen LogP contribution is -2.39. The molecule has 0 atom stereocenters. The molecule has 2 aromatic heterocycles. The molecule has 1 aliphatic rings. The summed E-state index contributed by atoms with van der Waals surface area (Å²) >= 11 is 0. The second-order valence-electron chi connectivity index (χ2n) is 6.22. The lowest BCUT2D eigenvalue weighted by Gasteiger charge is -2.28. The van der Waals surface area contributed by atoms with Crippen molar-refractivity contribution in [2.75, 3.05) is 0 Å². The molecule has 1 amide bonds. The molecule has 0 spiro atoms. The quantitative estimate of drug-likeness (QED) is 0.934. The predicted octanol–water partition coefficient (Wildman–Crippen LogP) is 3.13. The smallest absolute Gasteiger partial charge is 0.270 e. The van der Waals surface area contributed by atoms with Crippen LogP contribution in [0.5, 0.6) is 0 Å². The number of pyridine rings is 1. The fourth-order valence-electron chi connectivity index (χ4n) is 3.06. The Labute approximate surface area is 139 Å². The van der Waals surface area contributed by atoms with Gasteiger partial charge in [-0.05, 0) is 44.2 Å². The molecule has 0 saturated heterocycles. The van der Waals surface area contributed by atoms with E-state index in [2.05, 4.69) is 15.3 Å². The Kier molecular flexibility index (Phi) is 4.87. The van der Waals surface area contributed by atoms with E-state index in [1.807, 2.05) is 19.1 Å². The first-order valence-corrected chi connectivity index (χ1v) is 8.09. The van der Waals surface area contributed by atoms with Crippen LogP contribution in [-0.4, -0.2) is 32.9 Å². The maximum Gasteiger partial charge on any atom is 0.270 e. The van der Waals surface area contributed by atoms with Crippen molar-refractivity contribution >= 4 is 5.91 Å². The van der Waals surface area contributed by atoms with Gasteiger partial charge in [0.2, 0.25) is 6.43 Å². The van der Waals surface area contributed by atoms with E-state index >= 15 is 0 Å². The van der Waals surface area contributed by atoms with Crippen molar-refractivity contribution < 1.29 is 13.6 Å². The van der Waals surface area contributed by atoms with Crippen LogP contribution in [0.15, 0.2) is 30.9 Å². The van der Waals surface area contributed by atoms with Gasteiger partial charge in [0, 0.05) is 24.4 Å². The minimum absolute atomic E-state index is 0.0643. The Balaban J connectivity index is 1.68. The number of hydrogen-bond acceptors (Lipinski definition) is 3. The van der Waals surface area contributed by atoms with Gasteiger partial charge in [-0.15, -0.1) is 0 Å². The number of nitrogens with zero attached hydrogens (tertiary/aromatic N) is 3. The van der Waals surface area contributed by atoms with E-state index in [0.29, 0.717) is 37.2 Å². The highest BCUT2D eigenvalue weighted by Crippen LogP contribution is 2.29. The van der Waals surface area contributed by atoms with Crippen LogP contribution in [-0.2, 0) is 0 Å². The fraction of sp³-hybridized carbons (Fsp3) is 0.471. The van der Waals surface area contributed by atoms with Crippen molar-refractivity contribution in [2.24, 2.45) is 5.92 Å². The van der Waals surface area contributed by atoms with Gasteiger partial charge in [0.15, 0.2) is 0 Å². The van der Waals surface area contributed by atoms with Crippen LogP contribution in [0.2, 0.25) is 0 Å². The Morgan fingerprint density at radius 1 is 1.29 bits per heavy atom. The Hall–Kier alpha value is -2.31. The Morgan fingerprint density at radius 3 is 2.67 bits per heavy atom. The minimum Gasteiger partial charge on any atom is -0.348 e. The zero-order valence-electron chi connectivity index (χ0n) is 13.5. The largest absolute Gasteiger partial charge is 0.348 e. The van der Waals surface area contributed by atoms with Gasteiger partial charge in [0.1, 0.15) is 17.8 Å². The maximum absolute atomic E-state index is 12.7. The summed E-state index contributed by atoms with van der Waals surface area (Å²) in [5.74, 6) is -0.179. The van der Waals surface area contributed by atoms with Crippen LogP contribution in [0, 0.1) is 12.8 Å². The van der Waals surface area contributed by atoms with Gasteiger partial charge in [-0.2, -0.15) is 0 Å². The van der Waals surface area contributed by atoms with E-state index in [4.69, 9.17) is 0 Å². The van der Waals surface area contributed by atoms with Gasteiger partial charge in [-0.1, -0.05) is 6.07 Å². The first-order valence-electron chi connectivity index (χ1n) is 8.09. The van der Waals surface area contributed by atoms with Crippen molar-refractivity contribution in [2.45, 2.75) is 45.1 Å². The van der Waals surface area contributed by atoms with Gasteiger partial charge in [-0.25, -0.2) is 18.7 Å². The average Bonchev–Trinajstić information content (AvgIpc) is 3.10. The topological polar surface area (TPSA) is 59.8 Å². The summed E-state index contributed by atoms with van der Waals surface area (Å²) in [4.78, 5) is 20.9. The molecule has 2 heterocycles. The number of carbonyl (C=O) groups excluding carboxylic acids is 1. The zero-order valence-corrected chi connectivity index (χ0v) is 13.5. The molecule has 0 aromatic carbocycles. The van der Waals surface area contributed by atoms with E-state index in [-0.39, 0.29) is 11.9 Å². The molecule has 1 aliphatic carbocycles. The SMILES string of the molecule is Cc1ccc(-n2ccnc2)nc1C(=O)N[C@H]1CC[C@H](C(F)F)CC1. The number of aryl methyl sites for hydroxylation is 1. The van der Waals surface area contributed by atoms with Crippen molar-refractivity contribution in [1.82, 2.24) is 19.9 Å². The molecule has 0 radical (unpaired) electrons. The van der Waals surface area contributed by atoms with E-state index in [1.54, 1.807) is 23.3 Å². The Morgan fingerprint density at radius 2 is 2.04 bits per heavy atom. The number of hydrogen-bond donors (Lipinski definition) is 1. The zero-order chi connectivity index (χ0) is 17.1. The van der Waals surface area contributed by atoms with Crippen molar-refractivity contribution in [3.63, 3.8) is 0 Å². The van der Waals surface area contributed by atoms with Crippen molar-refractivity contribution in [1.29, 1.82) is 0 Å². The average molecular weight is 334 g/mol. The molecule has 0 aliphatic heterocycles. The van der Waals surface area contributed by atoms with E-state index < -0.39 is 12.3 Å². The molecule has 128 valence electrons. The third-order valence-corrected chi connectivity index (χ3v) is 4.53. The fourth-order valence-corrected chi connectivity index (χ4v) is 3.06. The summed E-state index contributed by atoms with van der Waals surface area (Å²) in [6, 6.07) is 3.60. The van der Waals surface area contributed by atoms with Gasteiger partial charge < -0.3 is 5.32 Å². The third kappa shape index (κ3) is 3.60. The predicted molar refractivity (Wildman–Crippen MR) is 85.3 cm³/mol. The van der Waals surface area contributed by atoms with E-state index in [9.17, 15) is 13.6 Å². The molecule has 7 heteroatoms. The highest BCUT2D eigenvalue weighted by molar-refractivity contribution is 5.94. The Bertz CT molecular complexity index is 695. The highest BCUT2D eigenvalue weighted by atomic mass is 19.3. The molecule has 2 aromatic rings. The number of alkyl halides is 2. The van der Waals surface area contributed by atoms with Crippen LogP contribution in [0.25, 0.3) is 5.82 Å². The monoisotopic (exact) mass is 334 g/mol. The van der Waals surface area contributed by atoms with Gasteiger partial charge in [0.25, 0.3) is 5.91 Å². The number of imidazole rings is 1.